The van der Waals surface area contributed by atoms with Crippen molar-refractivity contribution in [3.63, 3.8) is 0 Å². The number of carbonyl (C=O) groups excluding carboxylic acids is 5. The SMILES string of the molecule is NC(N)=NCCC[C@H](NC(=O)[C@@H](Cc1ccccc1)NC(=O)[C@H](Cc1cnc[nH]1)NC(=O)CNC(=O)c1ccccc1)C(=O)N[C@@H](Cc1c[nH]c2ccccc12)C(=O)O. The van der Waals surface area contributed by atoms with Gasteiger partial charge in [0.1, 0.15) is 24.2 Å². The molecule has 5 rings (SSSR count). The average Bonchev–Trinajstić information content (AvgIpc) is 3.91. The highest BCUT2D eigenvalue weighted by Gasteiger charge is 2.32. The zero-order valence-electron chi connectivity index (χ0n) is 32.0. The van der Waals surface area contributed by atoms with Gasteiger partial charge >= 0.3 is 5.97 Å². The molecule has 12 N–H and O–H groups in total. The van der Waals surface area contributed by atoms with E-state index < -0.39 is 66.2 Å². The van der Waals surface area contributed by atoms with Gasteiger partial charge in [-0.05, 0) is 42.2 Å². The zero-order valence-corrected chi connectivity index (χ0v) is 32.0. The first kappa shape index (κ1) is 42.6. The zero-order chi connectivity index (χ0) is 42.1. The molecule has 0 fully saturated rings. The third-order valence-electron chi connectivity index (χ3n) is 9.28. The number of aliphatic carboxylic acids is 1. The van der Waals surface area contributed by atoms with E-state index in [1.165, 1.54) is 12.5 Å². The van der Waals surface area contributed by atoms with Crippen molar-refractivity contribution >= 4 is 52.4 Å². The molecule has 0 bridgehead atoms. The lowest BCUT2D eigenvalue weighted by molar-refractivity contribution is -0.142. The molecule has 59 heavy (non-hydrogen) atoms. The Morgan fingerprint density at radius 2 is 1.34 bits per heavy atom. The maximum Gasteiger partial charge on any atom is 0.326 e. The minimum absolute atomic E-state index is 0.00693. The molecule has 5 aromatic rings. The Kier molecular flexibility index (Phi) is 15.3. The molecular formula is C41H47N11O7. The molecular weight excluding hydrogens is 759 g/mol. The number of carboxylic acid groups (broad SMARTS) is 1. The van der Waals surface area contributed by atoms with Crippen LogP contribution in [0.3, 0.4) is 0 Å². The van der Waals surface area contributed by atoms with Crippen molar-refractivity contribution in [1.29, 1.82) is 0 Å². The molecule has 5 amide bonds. The van der Waals surface area contributed by atoms with Crippen molar-refractivity contribution in [2.45, 2.75) is 56.3 Å². The van der Waals surface area contributed by atoms with Crippen LogP contribution in [0.4, 0.5) is 0 Å². The Balaban J connectivity index is 1.34. The van der Waals surface area contributed by atoms with Crippen molar-refractivity contribution in [3.8, 4) is 0 Å². The van der Waals surface area contributed by atoms with Crippen LogP contribution in [-0.2, 0) is 43.2 Å². The number of carbonyl (C=O) groups is 6. The fourth-order valence-electron chi connectivity index (χ4n) is 6.29. The quantitative estimate of drug-likeness (QED) is 0.0277. The molecule has 4 atom stereocenters. The number of carboxylic acids is 1. The highest BCUT2D eigenvalue weighted by molar-refractivity contribution is 5.98. The summed E-state index contributed by atoms with van der Waals surface area (Å²) in [5, 5.41) is 24.1. The largest absolute Gasteiger partial charge is 0.480 e. The van der Waals surface area contributed by atoms with Gasteiger partial charge in [0.2, 0.25) is 23.6 Å². The summed E-state index contributed by atoms with van der Waals surface area (Å²) in [6, 6.07) is 19.3. The second kappa shape index (κ2) is 21.1. The number of benzene rings is 3. The number of nitrogens with two attached hydrogens (primary N) is 2. The van der Waals surface area contributed by atoms with Gasteiger partial charge in [0.15, 0.2) is 5.96 Å². The van der Waals surface area contributed by atoms with Crippen molar-refractivity contribution in [2.75, 3.05) is 13.1 Å². The Morgan fingerprint density at radius 1 is 0.712 bits per heavy atom. The van der Waals surface area contributed by atoms with Crippen LogP contribution >= 0.6 is 0 Å². The molecule has 0 aliphatic heterocycles. The monoisotopic (exact) mass is 805 g/mol. The summed E-state index contributed by atoms with van der Waals surface area (Å²) < 4.78 is 0. The fourth-order valence-corrected chi connectivity index (χ4v) is 6.29. The van der Waals surface area contributed by atoms with Gasteiger partial charge in [0.25, 0.3) is 5.91 Å². The van der Waals surface area contributed by atoms with Gasteiger partial charge in [-0.15, -0.1) is 0 Å². The first-order valence-electron chi connectivity index (χ1n) is 18.8. The topological polar surface area (TPSA) is 292 Å². The van der Waals surface area contributed by atoms with E-state index in [0.717, 1.165) is 10.9 Å². The highest BCUT2D eigenvalue weighted by Crippen LogP contribution is 2.19. The first-order chi connectivity index (χ1) is 28.5. The number of nitrogens with one attached hydrogen (secondary N) is 7. The number of guanidine groups is 1. The third kappa shape index (κ3) is 13.0. The Bertz CT molecular complexity index is 2220. The van der Waals surface area contributed by atoms with Crippen LogP contribution in [0.5, 0.6) is 0 Å². The summed E-state index contributed by atoms with van der Waals surface area (Å²) in [6.07, 6.45) is 4.69. The number of aliphatic imine (C=N–C) groups is 1. The summed E-state index contributed by atoms with van der Waals surface area (Å²) in [7, 11) is 0. The average molecular weight is 806 g/mol. The molecule has 0 aliphatic rings. The molecule has 18 nitrogen and oxygen atoms in total. The van der Waals surface area contributed by atoms with E-state index in [0.29, 0.717) is 22.4 Å². The molecule has 0 spiro atoms. The number of imidazole rings is 1. The lowest BCUT2D eigenvalue weighted by Crippen LogP contribution is -2.59. The van der Waals surface area contributed by atoms with Crippen LogP contribution in [0, 0.1) is 0 Å². The maximum atomic E-state index is 14.2. The summed E-state index contributed by atoms with van der Waals surface area (Å²) in [6.45, 7) is -0.326. The number of para-hydroxylation sites is 1. The normalized spacial score (nSPS) is 12.9. The molecule has 0 saturated carbocycles. The van der Waals surface area contributed by atoms with E-state index in [-0.39, 0.29) is 44.6 Å². The van der Waals surface area contributed by atoms with Crippen molar-refractivity contribution in [1.82, 2.24) is 41.5 Å². The van der Waals surface area contributed by atoms with E-state index in [4.69, 9.17) is 11.5 Å². The third-order valence-corrected chi connectivity index (χ3v) is 9.28. The van der Waals surface area contributed by atoms with Gasteiger partial charge < -0.3 is 53.1 Å². The number of nitrogens with zero attached hydrogens (tertiary/aromatic N) is 2. The van der Waals surface area contributed by atoms with Gasteiger partial charge in [-0.3, -0.25) is 29.0 Å². The summed E-state index contributed by atoms with van der Waals surface area (Å²) in [5.41, 5.74) is 14.0. The molecule has 18 heteroatoms. The minimum Gasteiger partial charge on any atom is -0.480 e. The minimum atomic E-state index is -1.36. The lowest BCUT2D eigenvalue weighted by atomic mass is 10.0. The Labute approximate surface area is 339 Å². The first-order valence-corrected chi connectivity index (χ1v) is 18.8. The van der Waals surface area contributed by atoms with Crippen LogP contribution in [0.25, 0.3) is 10.9 Å². The standard InChI is InChI=1S/C41H47N11O7/c42-41(43)45-17-9-16-31(37(55)52-34(40(58)59)19-27-21-46-30-15-8-7-14-29(27)30)50-38(56)32(18-25-10-3-1-4-11-25)51-39(57)33(20-28-22-44-24-48-28)49-35(53)23-47-36(54)26-12-5-2-6-13-26/h1-8,10-15,21-22,24,31-34,46H,9,16-20,23H2,(H,44,48)(H,47,54)(H,49,53)(H,50,56)(H,51,57)(H,52,55)(H,58,59)(H4,42,43,45)/t31-,32+,33-,34-/m0/s1. The van der Waals surface area contributed by atoms with Gasteiger partial charge in [-0.25, -0.2) is 9.78 Å². The summed E-state index contributed by atoms with van der Waals surface area (Å²) >= 11 is 0. The predicted octanol–water partition coefficient (Wildman–Crippen LogP) is 0.426. The second-order valence-electron chi connectivity index (χ2n) is 13.7. The smallest absolute Gasteiger partial charge is 0.326 e. The number of aromatic nitrogens is 3. The molecule has 2 heterocycles. The molecule has 0 saturated heterocycles. The van der Waals surface area contributed by atoms with Gasteiger partial charge in [-0.2, -0.15) is 0 Å². The summed E-state index contributed by atoms with van der Waals surface area (Å²) in [5.74, 6) is -4.88. The van der Waals surface area contributed by atoms with Crippen LogP contribution < -0.4 is 38.1 Å². The second-order valence-corrected chi connectivity index (χ2v) is 13.7. The van der Waals surface area contributed by atoms with Crippen molar-refractivity contribution < 1.29 is 33.9 Å². The van der Waals surface area contributed by atoms with E-state index in [2.05, 4.69) is 46.5 Å². The highest BCUT2D eigenvalue weighted by atomic mass is 16.4. The van der Waals surface area contributed by atoms with Gasteiger partial charge in [0, 0.05) is 60.4 Å². The maximum absolute atomic E-state index is 14.2. The number of H-pyrrole nitrogens is 2. The fraction of sp³-hybridized carbons (Fsp3) is 0.268. The number of amides is 5. The molecule has 0 unspecified atom stereocenters. The number of hydrogen-bond donors (Lipinski definition) is 10. The number of rotatable bonds is 21. The number of aromatic amines is 2. The van der Waals surface area contributed by atoms with E-state index in [1.807, 2.05) is 24.3 Å². The van der Waals surface area contributed by atoms with Crippen LogP contribution in [0.15, 0.2) is 109 Å². The Hall–Kier alpha value is -7.50. The number of fused-ring (bicyclic) bond motifs is 1. The molecule has 2 aromatic heterocycles. The van der Waals surface area contributed by atoms with Crippen LogP contribution in [0.1, 0.15) is 40.0 Å². The van der Waals surface area contributed by atoms with E-state index in [1.54, 1.807) is 66.9 Å². The molecule has 0 radical (unpaired) electrons. The molecule has 308 valence electrons. The van der Waals surface area contributed by atoms with Gasteiger partial charge in [0.05, 0.1) is 12.9 Å². The van der Waals surface area contributed by atoms with E-state index >= 15 is 0 Å². The van der Waals surface area contributed by atoms with Gasteiger partial charge in [-0.1, -0.05) is 66.7 Å². The van der Waals surface area contributed by atoms with Crippen molar-refractivity contribution in [2.24, 2.45) is 16.5 Å². The summed E-state index contributed by atoms with van der Waals surface area (Å²) in [4.78, 5) is 94.1. The predicted molar refractivity (Wildman–Crippen MR) is 218 cm³/mol. The molecule has 3 aromatic carbocycles. The number of hydrogen-bond acceptors (Lipinski definition) is 8. The molecule has 0 aliphatic carbocycles. The van der Waals surface area contributed by atoms with Crippen molar-refractivity contribution in [3.05, 3.63) is 126 Å². The van der Waals surface area contributed by atoms with Crippen LogP contribution in [0.2, 0.25) is 0 Å². The lowest BCUT2D eigenvalue weighted by Gasteiger charge is -2.26. The van der Waals surface area contributed by atoms with E-state index in [9.17, 15) is 33.9 Å². The Morgan fingerprint density at radius 3 is 2.02 bits per heavy atom. The van der Waals surface area contributed by atoms with Crippen LogP contribution in [-0.4, -0.2) is 98.8 Å².